The minimum Gasteiger partial charge on any atom is -0.357 e. The molecule has 0 spiro atoms. The first-order valence-corrected chi connectivity index (χ1v) is 8.83. The van der Waals surface area contributed by atoms with Gasteiger partial charge in [-0.1, -0.05) is 33.6 Å². The summed E-state index contributed by atoms with van der Waals surface area (Å²) < 4.78 is 0. The fourth-order valence-corrected chi connectivity index (χ4v) is 2.91. The topological polar surface area (TPSA) is 65.5 Å². The maximum atomic E-state index is 11.5. The molecule has 1 saturated carbocycles. The Bertz CT molecular complexity index is 360. The van der Waals surface area contributed by atoms with Crippen LogP contribution in [0.3, 0.4) is 0 Å². The van der Waals surface area contributed by atoms with Crippen molar-refractivity contribution in [3.63, 3.8) is 0 Å². The molecule has 5 heteroatoms. The predicted octanol–water partition coefficient (Wildman–Crippen LogP) is 2.28. The smallest absolute Gasteiger partial charge is 0.222 e. The Kier molecular flexibility index (Phi) is 8.28. The van der Waals surface area contributed by atoms with Gasteiger partial charge < -0.3 is 16.0 Å². The highest BCUT2D eigenvalue weighted by molar-refractivity contribution is 5.80. The largest absolute Gasteiger partial charge is 0.357 e. The first-order chi connectivity index (χ1) is 10.5. The summed E-state index contributed by atoms with van der Waals surface area (Å²) >= 11 is 0. The van der Waals surface area contributed by atoms with Gasteiger partial charge >= 0.3 is 0 Å². The lowest BCUT2D eigenvalue weighted by atomic mass is 9.84. The van der Waals surface area contributed by atoms with Crippen molar-refractivity contribution in [2.24, 2.45) is 16.3 Å². The molecule has 0 aromatic rings. The lowest BCUT2D eigenvalue weighted by molar-refractivity contribution is -0.123. The monoisotopic (exact) mass is 310 g/mol. The Morgan fingerprint density at radius 1 is 1.09 bits per heavy atom. The van der Waals surface area contributed by atoms with Crippen LogP contribution in [0, 0.1) is 11.3 Å². The van der Waals surface area contributed by atoms with Crippen LogP contribution in [-0.2, 0) is 4.79 Å². The van der Waals surface area contributed by atoms with E-state index in [0.717, 1.165) is 19.0 Å². The van der Waals surface area contributed by atoms with Crippen LogP contribution >= 0.6 is 0 Å². The highest BCUT2D eigenvalue weighted by atomic mass is 16.1. The molecule has 1 aliphatic carbocycles. The van der Waals surface area contributed by atoms with E-state index in [1.165, 1.54) is 32.1 Å². The lowest BCUT2D eigenvalue weighted by Gasteiger charge is -2.25. The highest BCUT2D eigenvalue weighted by Gasteiger charge is 2.31. The van der Waals surface area contributed by atoms with E-state index >= 15 is 0 Å². The lowest BCUT2D eigenvalue weighted by Crippen LogP contribution is -2.42. The molecular weight excluding hydrogens is 276 g/mol. The first kappa shape index (κ1) is 18.8. The number of carbonyl (C=O) groups excluding carboxylic acids is 1. The number of nitrogens with zero attached hydrogens (tertiary/aromatic N) is 1. The molecule has 1 rings (SSSR count). The molecule has 1 aliphatic rings. The van der Waals surface area contributed by atoms with E-state index in [0.29, 0.717) is 18.5 Å². The van der Waals surface area contributed by atoms with Gasteiger partial charge in [-0.3, -0.25) is 9.79 Å². The number of carbonyl (C=O) groups is 1. The van der Waals surface area contributed by atoms with Gasteiger partial charge in [0.15, 0.2) is 5.96 Å². The van der Waals surface area contributed by atoms with E-state index in [9.17, 15) is 4.79 Å². The molecule has 0 radical (unpaired) electrons. The molecule has 1 fully saturated rings. The van der Waals surface area contributed by atoms with Crippen LogP contribution in [-0.4, -0.2) is 38.0 Å². The van der Waals surface area contributed by atoms with Crippen LogP contribution in [0.5, 0.6) is 0 Å². The van der Waals surface area contributed by atoms with Gasteiger partial charge in [-0.15, -0.1) is 0 Å². The van der Waals surface area contributed by atoms with Gasteiger partial charge in [0.2, 0.25) is 5.91 Å². The fraction of sp³-hybridized carbons (Fsp3) is 0.882. The molecule has 0 aromatic carbocycles. The summed E-state index contributed by atoms with van der Waals surface area (Å²) in [5, 5.41) is 9.50. The normalized spacial score (nSPS) is 17.6. The molecule has 3 N–H and O–H groups in total. The number of hydrogen-bond donors (Lipinski definition) is 3. The second-order valence-electron chi connectivity index (χ2n) is 6.63. The zero-order valence-corrected chi connectivity index (χ0v) is 14.8. The number of guanidine groups is 1. The third kappa shape index (κ3) is 6.24. The van der Waals surface area contributed by atoms with Crippen molar-refractivity contribution in [1.29, 1.82) is 0 Å². The minimum absolute atomic E-state index is 0.0358. The van der Waals surface area contributed by atoms with Crippen LogP contribution in [0.25, 0.3) is 0 Å². The van der Waals surface area contributed by atoms with Gasteiger partial charge in [-0.25, -0.2) is 0 Å². The quantitative estimate of drug-likeness (QED) is 0.366. The van der Waals surface area contributed by atoms with Crippen molar-refractivity contribution >= 4 is 11.9 Å². The van der Waals surface area contributed by atoms with E-state index in [1.54, 1.807) is 0 Å². The van der Waals surface area contributed by atoms with Crippen molar-refractivity contribution in [2.45, 2.75) is 59.8 Å². The summed E-state index contributed by atoms with van der Waals surface area (Å²) in [6.45, 7) is 11.2. The van der Waals surface area contributed by atoms with Crippen LogP contribution in [0.2, 0.25) is 0 Å². The molecule has 1 amide bonds. The summed E-state index contributed by atoms with van der Waals surface area (Å²) in [6.07, 6.45) is 6.50. The maximum absolute atomic E-state index is 11.5. The van der Waals surface area contributed by atoms with Gasteiger partial charge in [-0.05, 0) is 31.6 Å². The van der Waals surface area contributed by atoms with Crippen LogP contribution in [0.4, 0.5) is 0 Å². The zero-order chi connectivity index (χ0) is 16.4. The molecule has 0 atom stereocenters. The van der Waals surface area contributed by atoms with Crippen LogP contribution < -0.4 is 16.0 Å². The molecule has 0 aliphatic heterocycles. The van der Waals surface area contributed by atoms with Crippen LogP contribution in [0.1, 0.15) is 59.8 Å². The summed E-state index contributed by atoms with van der Waals surface area (Å²) in [5.74, 6) is 0.995. The van der Waals surface area contributed by atoms with Crippen molar-refractivity contribution in [1.82, 2.24) is 16.0 Å². The van der Waals surface area contributed by atoms with Crippen molar-refractivity contribution in [3.05, 3.63) is 0 Å². The number of rotatable bonds is 8. The second kappa shape index (κ2) is 9.70. The van der Waals surface area contributed by atoms with Gasteiger partial charge in [0.05, 0.1) is 0 Å². The minimum atomic E-state index is 0.0358. The average molecular weight is 310 g/mol. The summed E-state index contributed by atoms with van der Waals surface area (Å²) in [7, 11) is 0. The molecule has 0 heterocycles. The number of aliphatic imine (C=N–C) groups is 1. The molecular formula is C17H34N4O. The Labute approximate surface area is 135 Å². The molecule has 0 unspecified atom stereocenters. The van der Waals surface area contributed by atoms with E-state index in [2.05, 4.69) is 29.8 Å². The summed E-state index contributed by atoms with van der Waals surface area (Å²) in [5.41, 5.74) is 0.411. The van der Waals surface area contributed by atoms with E-state index in [1.807, 2.05) is 13.8 Å². The molecule has 0 aromatic heterocycles. The fourth-order valence-electron chi connectivity index (χ4n) is 2.91. The summed E-state index contributed by atoms with van der Waals surface area (Å²) in [6, 6.07) is 0. The van der Waals surface area contributed by atoms with E-state index < -0.39 is 0 Å². The van der Waals surface area contributed by atoms with Crippen molar-refractivity contribution in [2.75, 3.05) is 26.2 Å². The van der Waals surface area contributed by atoms with Crippen molar-refractivity contribution < 1.29 is 4.79 Å². The third-order valence-electron chi connectivity index (χ3n) is 4.57. The van der Waals surface area contributed by atoms with E-state index in [-0.39, 0.29) is 11.8 Å². The highest BCUT2D eigenvalue weighted by Crippen LogP contribution is 2.41. The average Bonchev–Trinajstić information content (AvgIpc) is 2.98. The second-order valence-corrected chi connectivity index (χ2v) is 6.63. The third-order valence-corrected chi connectivity index (χ3v) is 4.57. The maximum Gasteiger partial charge on any atom is 0.222 e. The number of amides is 1. The number of nitrogens with one attached hydrogen (secondary N) is 3. The van der Waals surface area contributed by atoms with Crippen molar-refractivity contribution in [3.8, 4) is 0 Å². The molecule has 5 nitrogen and oxygen atoms in total. The van der Waals surface area contributed by atoms with Gasteiger partial charge in [0.1, 0.15) is 0 Å². The molecule has 22 heavy (non-hydrogen) atoms. The Morgan fingerprint density at radius 2 is 1.73 bits per heavy atom. The van der Waals surface area contributed by atoms with E-state index in [4.69, 9.17) is 4.99 Å². The van der Waals surface area contributed by atoms with Crippen LogP contribution in [0.15, 0.2) is 4.99 Å². The van der Waals surface area contributed by atoms with Gasteiger partial charge in [0.25, 0.3) is 0 Å². The zero-order valence-electron chi connectivity index (χ0n) is 14.8. The summed E-state index contributed by atoms with van der Waals surface area (Å²) in [4.78, 5) is 16.3. The molecule has 0 saturated heterocycles. The van der Waals surface area contributed by atoms with Gasteiger partial charge in [0, 0.05) is 32.1 Å². The first-order valence-electron chi connectivity index (χ1n) is 8.83. The van der Waals surface area contributed by atoms with Gasteiger partial charge in [-0.2, -0.15) is 0 Å². The Morgan fingerprint density at radius 3 is 2.27 bits per heavy atom. The Hall–Kier alpha value is -1.26. The Balaban J connectivity index is 2.40. The number of hydrogen-bond acceptors (Lipinski definition) is 2. The standard InChI is InChI=1S/C17H34N4O/c1-5-17(9-7-8-10-17)13-21-16(18-6-2)20-12-11-19-15(22)14(3)4/h14H,5-13H2,1-4H3,(H,19,22)(H2,18,20,21). The molecule has 0 bridgehead atoms. The molecule has 128 valence electrons. The predicted molar refractivity (Wildman–Crippen MR) is 93.0 cm³/mol. The SMILES string of the molecule is CCNC(=NCC1(CC)CCCC1)NCCNC(=O)C(C)C.